The van der Waals surface area contributed by atoms with Gasteiger partial charge in [0.1, 0.15) is 5.82 Å². The van der Waals surface area contributed by atoms with E-state index in [4.69, 9.17) is 11.6 Å². The van der Waals surface area contributed by atoms with Crippen LogP contribution in [0.4, 0.5) is 20.3 Å². The molecule has 6 nitrogen and oxygen atoms in total. The Morgan fingerprint density at radius 2 is 1.54 bits per heavy atom. The Bertz CT molecular complexity index is 661. The Labute approximate surface area is 167 Å². The Hall–Kier alpha value is -2.74. The van der Waals surface area contributed by atoms with Gasteiger partial charge in [0.15, 0.2) is 5.84 Å². The molecule has 0 aliphatic rings. The third-order valence-corrected chi connectivity index (χ3v) is 2.58. The number of hydrazone groups is 1. The van der Waals surface area contributed by atoms with Crippen molar-refractivity contribution in [2.75, 3.05) is 5.32 Å². The van der Waals surface area contributed by atoms with Crippen molar-refractivity contribution >= 4 is 17.3 Å². The molecular weight excluding hydrogens is 362 g/mol. The second-order valence-corrected chi connectivity index (χ2v) is 5.34. The van der Waals surface area contributed by atoms with E-state index in [-0.39, 0.29) is 5.84 Å². The number of anilines is 2. The molecule has 0 spiro atoms. The van der Waals surface area contributed by atoms with Gasteiger partial charge in [-0.05, 0) is 45.0 Å². The summed E-state index contributed by atoms with van der Waals surface area (Å²) in [5, 5.41) is 6.95. The highest BCUT2D eigenvalue weighted by Gasteiger charge is 2.08. The number of nitrogens with two attached hydrogens (primary N) is 2. The lowest BCUT2D eigenvalue weighted by Crippen LogP contribution is -2.24. The molecule has 0 radical (unpaired) electrons. The number of amidine groups is 1. The van der Waals surface area contributed by atoms with Crippen LogP contribution in [0.3, 0.4) is 0 Å². The normalized spacial score (nSPS) is 10.1. The molecule has 6 N–H and O–H groups in total. The van der Waals surface area contributed by atoms with Crippen LogP contribution in [0.1, 0.15) is 52.7 Å². The number of aryl methyl sites for hydroxylation is 1. The van der Waals surface area contributed by atoms with Gasteiger partial charge in [-0.2, -0.15) is 0 Å². The minimum Gasteiger partial charge on any atom is -0.382 e. The first-order valence-corrected chi connectivity index (χ1v) is 9.16. The largest absolute Gasteiger partial charge is 0.382 e. The summed E-state index contributed by atoms with van der Waals surface area (Å²) >= 11 is 0. The Morgan fingerprint density at radius 3 is 2.00 bits per heavy atom. The molecule has 0 aliphatic carbocycles. The number of hydrogen-bond donors (Lipinski definition) is 4. The van der Waals surface area contributed by atoms with Crippen molar-refractivity contribution in [2.24, 2.45) is 16.7 Å². The number of nitrogens with zero attached hydrogens (tertiary/aromatic N) is 2. The third-order valence-electron chi connectivity index (χ3n) is 2.58. The third kappa shape index (κ3) is 13.5. The second kappa shape index (κ2) is 15.3. The molecule has 0 atom stereocenters. The van der Waals surface area contributed by atoms with Crippen LogP contribution in [0.25, 0.3) is 0 Å². The number of rotatable bonds is 4. The van der Waals surface area contributed by atoms with Crippen LogP contribution < -0.4 is 22.4 Å². The van der Waals surface area contributed by atoms with Crippen molar-refractivity contribution in [2.45, 2.75) is 54.4 Å². The molecule has 0 amide bonds. The van der Waals surface area contributed by atoms with Crippen LogP contribution in [0.15, 0.2) is 47.7 Å². The van der Waals surface area contributed by atoms with Gasteiger partial charge in [0.2, 0.25) is 5.92 Å². The number of hydrazine groups is 1. The molecular formula is C20H34F2N6. The van der Waals surface area contributed by atoms with Crippen molar-refractivity contribution in [3.8, 4) is 0 Å². The molecule has 0 saturated heterocycles. The lowest BCUT2D eigenvalue weighted by atomic mass is 10.2. The first kappa shape index (κ1) is 27.5. The van der Waals surface area contributed by atoms with Crippen molar-refractivity contribution in [1.82, 2.24) is 10.5 Å². The topological polar surface area (TPSA) is 101 Å². The number of alkyl halides is 2. The fourth-order valence-corrected chi connectivity index (χ4v) is 1.61. The summed E-state index contributed by atoms with van der Waals surface area (Å²) in [6.07, 6.45) is 1.68. The molecule has 0 aliphatic heterocycles. The molecule has 0 fully saturated rings. The van der Waals surface area contributed by atoms with E-state index in [1.807, 2.05) is 65.0 Å². The monoisotopic (exact) mass is 396 g/mol. The SMILES string of the molecule is CC.CC.CC(C)(F)F.Cc1ccc(Nc2ncccc2/C(N)=N/NN)cc1. The summed E-state index contributed by atoms with van der Waals surface area (Å²) in [4.78, 5) is 4.26. The summed E-state index contributed by atoms with van der Waals surface area (Å²) in [6.45, 7) is 11.7. The van der Waals surface area contributed by atoms with E-state index in [1.165, 1.54) is 5.56 Å². The maximum Gasteiger partial charge on any atom is 0.242 e. The molecule has 8 heteroatoms. The van der Waals surface area contributed by atoms with Crippen molar-refractivity contribution in [3.05, 3.63) is 53.7 Å². The lowest BCUT2D eigenvalue weighted by Gasteiger charge is -2.10. The van der Waals surface area contributed by atoms with Crippen LogP contribution >= 0.6 is 0 Å². The van der Waals surface area contributed by atoms with Crippen molar-refractivity contribution in [3.63, 3.8) is 0 Å². The minimum atomic E-state index is -2.50. The molecule has 0 saturated carbocycles. The van der Waals surface area contributed by atoms with E-state index < -0.39 is 5.92 Å². The van der Waals surface area contributed by atoms with Gasteiger partial charge >= 0.3 is 0 Å². The van der Waals surface area contributed by atoms with Crippen LogP contribution in [0, 0.1) is 6.92 Å². The minimum absolute atomic E-state index is 0.269. The smallest absolute Gasteiger partial charge is 0.242 e. The number of halogens is 2. The van der Waals surface area contributed by atoms with Crippen molar-refractivity contribution < 1.29 is 8.78 Å². The van der Waals surface area contributed by atoms with Gasteiger partial charge in [-0.25, -0.2) is 25.1 Å². The number of pyridine rings is 1. The average molecular weight is 397 g/mol. The number of benzene rings is 1. The fraction of sp³-hybridized carbons (Fsp3) is 0.400. The highest BCUT2D eigenvalue weighted by Crippen LogP contribution is 2.18. The van der Waals surface area contributed by atoms with Gasteiger partial charge in [0, 0.05) is 11.9 Å². The molecule has 158 valence electrons. The highest BCUT2D eigenvalue weighted by atomic mass is 19.3. The van der Waals surface area contributed by atoms with Crippen LogP contribution in [0.2, 0.25) is 0 Å². The summed E-state index contributed by atoms with van der Waals surface area (Å²) in [5.41, 5.74) is 10.8. The standard InChI is InChI=1S/C13H16N6.C3H6F2.2C2H6/c1-9-4-6-10(7-5-9)17-13-11(3-2-8-16-13)12(14)18-19-15;1-3(2,4)5;2*1-2/h2-8,19H,15H2,1H3,(H2,14,18)(H,16,17);1-2H3;2*1-2H3. The molecule has 0 bridgehead atoms. The molecule has 1 aromatic carbocycles. The van der Waals surface area contributed by atoms with E-state index >= 15 is 0 Å². The van der Waals surface area contributed by atoms with E-state index in [0.717, 1.165) is 19.5 Å². The summed E-state index contributed by atoms with van der Waals surface area (Å²) in [5.74, 6) is 3.52. The van der Waals surface area contributed by atoms with E-state index in [1.54, 1.807) is 12.3 Å². The quantitative estimate of drug-likeness (QED) is 0.254. The van der Waals surface area contributed by atoms with E-state index in [0.29, 0.717) is 11.4 Å². The van der Waals surface area contributed by atoms with Gasteiger partial charge in [-0.15, -0.1) is 5.10 Å². The summed E-state index contributed by atoms with van der Waals surface area (Å²) in [6, 6.07) is 11.6. The van der Waals surface area contributed by atoms with Crippen molar-refractivity contribution in [1.29, 1.82) is 0 Å². The zero-order valence-electron chi connectivity index (χ0n) is 17.8. The zero-order chi connectivity index (χ0) is 22.2. The Kier molecular flexibility index (Phi) is 15.0. The predicted molar refractivity (Wildman–Crippen MR) is 116 cm³/mol. The predicted octanol–water partition coefficient (Wildman–Crippen LogP) is 4.93. The van der Waals surface area contributed by atoms with Crippen LogP contribution in [-0.2, 0) is 0 Å². The zero-order valence-corrected chi connectivity index (χ0v) is 17.8. The number of hydrogen-bond acceptors (Lipinski definition) is 5. The molecule has 1 heterocycles. The second-order valence-electron chi connectivity index (χ2n) is 5.34. The number of aromatic nitrogens is 1. The van der Waals surface area contributed by atoms with Crippen LogP contribution in [0.5, 0.6) is 0 Å². The first-order valence-electron chi connectivity index (χ1n) is 9.16. The highest BCUT2D eigenvalue weighted by molar-refractivity contribution is 6.01. The Morgan fingerprint density at radius 1 is 1.04 bits per heavy atom. The van der Waals surface area contributed by atoms with Crippen LogP contribution in [-0.4, -0.2) is 16.7 Å². The summed E-state index contributed by atoms with van der Waals surface area (Å²) < 4.78 is 22.0. The molecule has 28 heavy (non-hydrogen) atoms. The number of nitrogens with one attached hydrogen (secondary N) is 2. The molecule has 0 unspecified atom stereocenters. The first-order chi connectivity index (χ1) is 13.2. The molecule has 2 rings (SSSR count). The Balaban J connectivity index is 0. The van der Waals surface area contributed by atoms with Gasteiger partial charge < -0.3 is 11.1 Å². The van der Waals surface area contributed by atoms with Gasteiger partial charge in [-0.1, -0.05) is 45.4 Å². The molecule has 1 aromatic heterocycles. The maximum atomic E-state index is 11.0. The molecule has 2 aromatic rings. The van der Waals surface area contributed by atoms with Gasteiger partial charge in [0.25, 0.3) is 0 Å². The van der Waals surface area contributed by atoms with Gasteiger partial charge in [-0.3, -0.25) is 0 Å². The van der Waals surface area contributed by atoms with E-state index in [2.05, 4.69) is 20.9 Å². The average Bonchev–Trinajstić information content (AvgIpc) is 2.66. The fourth-order valence-electron chi connectivity index (χ4n) is 1.61. The summed E-state index contributed by atoms with van der Waals surface area (Å²) in [7, 11) is 0. The van der Waals surface area contributed by atoms with E-state index in [9.17, 15) is 8.78 Å². The van der Waals surface area contributed by atoms with Gasteiger partial charge in [0.05, 0.1) is 5.56 Å². The lowest BCUT2D eigenvalue weighted by molar-refractivity contribution is 0.0437. The maximum absolute atomic E-state index is 11.0.